The van der Waals surface area contributed by atoms with E-state index in [1.54, 1.807) is 6.21 Å². The summed E-state index contributed by atoms with van der Waals surface area (Å²) in [5, 5.41) is 7.59. The van der Waals surface area contributed by atoms with E-state index in [4.69, 9.17) is 0 Å². The lowest BCUT2D eigenvalue weighted by atomic mass is 10.2. The van der Waals surface area contributed by atoms with E-state index in [1.165, 1.54) is 0 Å². The number of hydrogen-bond donors (Lipinski definition) is 2. The highest BCUT2D eigenvalue weighted by Crippen LogP contribution is 2.15. The Hall–Kier alpha value is -2.75. The summed E-state index contributed by atoms with van der Waals surface area (Å²) in [7, 11) is 0. The van der Waals surface area contributed by atoms with Gasteiger partial charge in [-0.25, -0.2) is 5.43 Å². The second kappa shape index (κ2) is 10.7. The second-order valence-electron chi connectivity index (χ2n) is 6.19. The summed E-state index contributed by atoms with van der Waals surface area (Å²) in [6.45, 7) is 6.40. The van der Waals surface area contributed by atoms with Crippen molar-refractivity contribution in [3.05, 3.63) is 69.3 Å². The van der Waals surface area contributed by atoms with E-state index < -0.39 is 0 Å². The lowest BCUT2D eigenvalue weighted by molar-refractivity contribution is 0.812. The first-order valence-corrected chi connectivity index (χ1v) is 10.6. The third-order valence-electron chi connectivity index (χ3n) is 4.24. The fourth-order valence-electron chi connectivity index (χ4n) is 2.66. The van der Waals surface area contributed by atoms with E-state index in [-0.39, 0.29) is 0 Å². The van der Waals surface area contributed by atoms with Gasteiger partial charge in [0.2, 0.25) is 17.8 Å². The predicted octanol–water partition coefficient (Wildman–Crippen LogP) is 4.38. The predicted molar refractivity (Wildman–Crippen MR) is 128 cm³/mol. The normalized spacial score (nSPS) is 10.9. The SMILES string of the molecule is CCN(CC)c1nc(NCc2ccccc2)nc(NN=Cc2ccccc2I)n1. The van der Waals surface area contributed by atoms with Gasteiger partial charge in [0.25, 0.3) is 0 Å². The van der Waals surface area contributed by atoms with Gasteiger partial charge in [-0.3, -0.25) is 0 Å². The number of nitrogens with zero attached hydrogens (tertiary/aromatic N) is 5. The lowest BCUT2D eigenvalue weighted by Crippen LogP contribution is -2.25. The Morgan fingerprint density at radius 2 is 1.62 bits per heavy atom. The third-order valence-corrected chi connectivity index (χ3v) is 5.22. The van der Waals surface area contributed by atoms with Crippen molar-refractivity contribution < 1.29 is 0 Å². The van der Waals surface area contributed by atoms with Gasteiger partial charge >= 0.3 is 0 Å². The average molecular weight is 501 g/mol. The van der Waals surface area contributed by atoms with Crippen LogP contribution in [-0.2, 0) is 6.54 Å². The highest BCUT2D eigenvalue weighted by molar-refractivity contribution is 14.1. The molecule has 3 aromatic rings. The van der Waals surface area contributed by atoms with Crippen molar-refractivity contribution in [3.8, 4) is 0 Å². The van der Waals surface area contributed by atoms with E-state index in [0.717, 1.165) is 27.8 Å². The molecule has 0 fully saturated rings. The molecule has 29 heavy (non-hydrogen) atoms. The highest BCUT2D eigenvalue weighted by Gasteiger charge is 2.11. The molecule has 8 heteroatoms. The second-order valence-corrected chi connectivity index (χ2v) is 7.35. The van der Waals surface area contributed by atoms with Crippen LogP contribution in [0.2, 0.25) is 0 Å². The van der Waals surface area contributed by atoms with Crippen LogP contribution >= 0.6 is 22.6 Å². The maximum absolute atomic E-state index is 4.57. The van der Waals surface area contributed by atoms with Crippen LogP contribution in [0.3, 0.4) is 0 Å². The molecule has 1 heterocycles. The number of hydrazone groups is 1. The molecule has 0 bridgehead atoms. The number of halogens is 1. The molecule has 7 nitrogen and oxygen atoms in total. The third kappa shape index (κ3) is 6.11. The molecule has 0 atom stereocenters. The van der Waals surface area contributed by atoms with Gasteiger partial charge < -0.3 is 10.2 Å². The first kappa shape index (κ1) is 21.0. The zero-order valence-electron chi connectivity index (χ0n) is 16.5. The first-order chi connectivity index (χ1) is 14.2. The van der Waals surface area contributed by atoms with Crippen molar-refractivity contribution in [2.45, 2.75) is 20.4 Å². The monoisotopic (exact) mass is 501 g/mol. The minimum atomic E-state index is 0.402. The molecule has 0 spiro atoms. The van der Waals surface area contributed by atoms with Gasteiger partial charge in [-0.05, 0) is 48.1 Å². The minimum absolute atomic E-state index is 0.402. The number of anilines is 3. The Kier molecular flexibility index (Phi) is 7.74. The summed E-state index contributed by atoms with van der Waals surface area (Å²) in [5.74, 6) is 1.53. The van der Waals surface area contributed by atoms with Crippen LogP contribution in [-0.4, -0.2) is 34.3 Å². The maximum atomic E-state index is 4.57. The lowest BCUT2D eigenvalue weighted by Gasteiger charge is -2.19. The van der Waals surface area contributed by atoms with E-state index >= 15 is 0 Å². The van der Waals surface area contributed by atoms with E-state index in [1.807, 2.05) is 42.5 Å². The molecule has 0 saturated carbocycles. The molecule has 0 aliphatic carbocycles. The van der Waals surface area contributed by atoms with Crippen molar-refractivity contribution in [2.24, 2.45) is 5.10 Å². The molecule has 0 unspecified atom stereocenters. The Morgan fingerprint density at radius 1 is 0.931 bits per heavy atom. The fraction of sp³-hybridized carbons (Fsp3) is 0.238. The van der Waals surface area contributed by atoms with Gasteiger partial charge in [0.15, 0.2) is 0 Å². The summed E-state index contributed by atoms with van der Waals surface area (Å²) in [5.41, 5.74) is 5.12. The minimum Gasteiger partial charge on any atom is -0.350 e. The van der Waals surface area contributed by atoms with E-state index in [2.05, 4.69) is 84.3 Å². The van der Waals surface area contributed by atoms with Gasteiger partial charge in [-0.1, -0.05) is 48.5 Å². The summed E-state index contributed by atoms with van der Waals surface area (Å²) >= 11 is 2.28. The number of benzene rings is 2. The Morgan fingerprint density at radius 3 is 2.34 bits per heavy atom. The smallest absolute Gasteiger partial charge is 0.250 e. The van der Waals surface area contributed by atoms with Crippen LogP contribution in [0.4, 0.5) is 17.8 Å². The maximum Gasteiger partial charge on any atom is 0.250 e. The topological polar surface area (TPSA) is 78.3 Å². The van der Waals surface area contributed by atoms with Gasteiger partial charge in [0.1, 0.15) is 0 Å². The van der Waals surface area contributed by atoms with Gasteiger partial charge in [0.05, 0.1) is 6.21 Å². The molecule has 1 aromatic heterocycles. The van der Waals surface area contributed by atoms with Crippen molar-refractivity contribution in [1.82, 2.24) is 15.0 Å². The molecule has 0 radical (unpaired) electrons. The van der Waals surface area contributed by atoms with Crippen LogP contribution in [0.1, 0.15) is 25.0 Å². The molecule has 0 amide bonds. The quantitative estimate of drug-likeness (QED) is 0.258. The molecule has 0 aliphatic rings. The summed E-state index contributed by atoms with van der Waals surface area (Å²) in [4.78, 5) is 15.6. The molecular weight excluding hydrogens is 477 g/mol. The van der Waals surface area contributed by atoms with Gasteiger partial charge in [-0.15, -0.1) is 0 Å². The molecular formula is C21H24IN7. The fourth-order valence-corrected chi connectivity index (χ4v) is 3.18. The molecule has 0 aliphatic heterocycles. The summed E-state index contributed by atoms with van der Waals surface area (Å²) in [6.07, 6.45) is 1.76. The Balaban J connectivity index is 1.79. The average Bonchev–Trinajstić information content (AvgIpc) is 2.75. The van der Waals surface area contributed by atoms with Gasteiger partial charge in [0, 0.05) is 28.8 Å². The van der Waals surface area contributed by atoms with Gasteiger partial charge in [-0.2, -0.15) is 20.1 Å². The zero-order chi connectivity index (χ0) is 20.5. The molecule has 2 N–H and O–H groups in total. The van der Waals surface area contributed by atoms with Crippen molar-refractivity contribution in [2.75, 3.05) is 28.7 Å². The molecule has 150 valence electrons. The highest BCUT2D eigenvalue weighted by atomic mass is 127. The number of nitrogens with one attached hydrogen (secondary N) is 2. The van der Waals surface area contributed by atoms with E-state index in [9.17, 15) is 0 Å². The van der Waals surface area contributed by atoms with Crippen LogP contribution in [0, 0.1) is 3.57 Å². The molecule has 2 aromatic carbocycles. The Bertz CT molecular complexity index is 943. The Labute approximate surface area is 184 Å². The number of rotatable bonds is 9. The number of aromatic nitrogens is 3. The summed E-state index contributed by atoms with van der Waals surface area (Å²) < 4.78 is 1.13. The van der Waals surface area contributed by atoms with Crippen LogP contribution in [0.5, 0.6) is 0 Å². The van der Waals surface area contributed by atoms with E-state index in [0.29, 0.717) is 24.4 Å². The summed E-state index contributed by atoms with van der Waals surface area (Å²) in [6, 6.07) is 18.2. The van der Waals surface area contributed by atoms with Crippen molar-refractivity contribution in [1.29, 1.82) is 0 Å². The van der Waals surface area contributed by atoms with Crippen LogP contribution < -0.4 is 15.6 Å². The molecule has 0 saturated heterocycles. The number of hydrogen-bond acceptors (Lipinski definition) is 7. The standard InChI is InChI=1S/C21H24IN7/c1-3-29(4-2)21-26-19(23-14-16-10-6-5-7-11-16)25-20(27-21)28-24-15-17-12-8-9-13-18(17)22/h5-13,15H,3-4,14H2,1-2H3,(H2,23,25,26,27,28). The van der Waals surface area contributed by atoms with Crippen LogP contribution in [0.15, 0.2) is 59.7 Å². The molecule has 3 rings (SSSR count). The zero-order valence-corrected chi connectivity index (χ0v) is 18.7. The first-order valence-electron chi connectivity index (χ1n) is 9.52. The largest absolute Gasteiger partial charge is 0.350 e. The van der Waals surface area contributed by atoms with Crippen LogP contribution in [0.25, 0.3) is 0 Å². The van der Waals surface area contributed by atoms with Crippen molar-refractivity contribution in [3.63, 3.8) is 0 Å². The van der Waals surface area contributed by atoms with Crippen molar-refractivity contribution >= 4 is 46.7 Å².